The van der Waals surface area contributed by atoms with Crippen LogP contribution in [0.4, 0.5) is 11.4 Å². The molecule has 3 heterocycles. The van der Waals surface area contributed by atoms with Crippen molar-refractivity contribution in [2.75, 3.05) is 41.7 Å². The number of amides is 2. The summed E-state index contributed by atoms with van der Waals surface area (Å²) in [5, 5.41) is 0.718. The maximum atomic E-state index is 13.0. The number of halogens is 1. The minimum absolute atomic E-state index is 0.0358. The van der Waals surface area contributed by atoms with Crippen molar-refractivity contribution in [3.05, 3.63) is 77.2 Å². The Labute approximate surface area is 195 Å². The summed E-state index contributed by atoms with van der Waals surface area (Å²) in [6, 6.07) is 19.1. The molecule has 2 amide bonds. The van der Waals surface area contributed by atoms with Gasteiger partial charge in [-0.15, -0.1) is 11.8 Å². The smallest absolute Gasteiger partial charge is 0.289 e. The Morgan fingerprint density at radius 3 is 2.44 bits per heavy atom. The molecule has 0 unspecified atom stereocenters. The van der Waals surface area contributed by atoms with E-state index in [0.717, 1.165) is 21.3 Å². The summed E-state index contributed by atoms with van der Waals surface area (Å²) in [6.45, 7) is 2.91. The number of benzene rings is 2. The third-order valence-corrected chi connectivity index (χ3v) is 7.12. The van der Waals surface area contributed by atoms with Crippen molar-refractivity contribution >= 4 is 46.6 Å². The van der Waals surface area contributed by atoms with Gasteiger partial charge in [-0.3, -0.25) is 9.59 Å². The highest BCUT2D eigenvalue weighted by Gasteiger charge is 2.28. The molecule has 32 heavy (non-hydrogen) atoms. The van der Waals surface area contributed by atoms with Crippen LogP contribution in [0, 0.1) is 0 Å². The fourth-order valence-corrected chi connectivity index (χ4v) is 5.27. The summed E-state index contributed by atoms with van der Waals surface area (Å²) in [4.78, 5) is 32.3. The molecule has 2 aromatic carbocycles. The average Bonchev–Trinajstić information content (AvgIpc) is 3.30. The van der Waals surface area contributed by atoms with Crippen LogP contribution in [0.2, 0.25) is 5.02 Å². The number of furan rings is 1. The van der Waals surface area contributed by atoms with Crippen LogP contribution in [0.25, 0.3) is 0 Å². The Bertz CT molecular complexity index is 1160. The predicted octanol–water partition coefficient (Wildman–Crippen LogP) is 4.53. The van der Waals surface area contributed by atoms with Crippen molar-refractivity contribution in [2.45, 2.75) is 11.4 Å². The fraction of sp³-hybridized carbons (Fsp3) is 0.250. The van der Waals surface area contributed by atoms with E-state index in [-0.39, 0.29) is 11.8 Å². The number of fused-ring (bicyclic) bond motifs is 1. The average molecular weight is 468 g/mol. The van der Waals surface area contributed by atoms with Gasteiger partial charge in [-0.05, 0) is 36.4 Å². The molecule has 1 fully saturated rings. The molecule has 0 atom stereocenters. The lowest BCUT2D eigenvalue weighted by molar-refractivity contribution is -0.116. The van der Waals surface area contributed by atoms with E-state index >= 15 is 0 Å². The van der Waals surface area contributed by atoms with E-state index < -0.39 is 0 Å². The predicted molar refractivity (Wildman–Crippen MR) is 127 cm³/mol. The number of carbonyl (C=O) groups is 2. The van der Waals surface area contributed by atoms with E-state index in [9.17, 15) is 9.59 Å². The van der Waals surface area contributed by atoms with E-state index in [4.69, 9.17) is 16.0 Å². The van der Waals surface area contributed by atoms with Gasteiger partial charge in [-0.2, -0.15) is 0 Å². The number of anilines is 2. The number of hydrogen-bond donors (Lipinski definition) is 0. The van der Waals surface area contributed by atoms with Crippen LogP contribution >= 0.6 is 23.4 Å². The number of thioether (sulfide) groups is 1. The van der Waals surface area contributed by atoms with Crippen molar-refractivity contribution in [2.24, 2.45) is 0 Å². The van der Waals surface area contributed by atoms with Gasteiger partial charge in [0.05, 0.1) is 28.7 Å². The van der Waals surface area contributed by atoms with E-state index in [1.54, 1.807) is 33.7 Å². The molecule has 1 aromatic heterocycles. The summed E-state index contributed by atoms with van der Waals surface area (Å²) in [6.07, 6.45) is 0. The molecule has 164 valence electrons. The second-order valence-electron chi connectivity index (χ2n) is 7.73. The molecular formula is C24H22ClN3O3S. The SMILES string of the molecule is O=C(c1ccc(CN2C(=O)CSc3ccccc32)o1)N1CCN(c2ccccc2Cl)CC1. The number of hydrogen-bond acceptors (Lipinski definition) is 5. The Balaban J connectivity index is 1.24. The van der Waals surface area contributed by atoms with Crippen LogP contribution in [0.5, 0.6) is 0 Å². The lowest BCUT2D eigenvalue weighted by Crippen LogP contribution is -2.48. The van der Waals surface area contributed by atoms with Crippen LogP contribution in [0.3, 0.4) is 0 Å². The first-order valence-corrected chi connectivity index (χ1v) is 11.9. The van der Waals surface area contributed by atoms with Gasteiger partial charge in [-0.1, -0.05) is 35.9 Å². The van der Waals surface area contributed by atoms with Gasteiger partial charge in [0.1, 0.15) is 5.76 Å². The fourth-order valence-electron chi connectivity index (χ4n) is 4.08. The molecule has 0 saturated carbocycles. The van der Waals surface area contributed by atoms with Crippen molar-refractivity contribution < 1.29 is 14.0 Å². The second kappa shape index (κ2) is 8.92. The maximum absolute atomic E-state index is 13.0. The molecular weight excluding hydrogens is 446 g/mol. The highest BCUT2D eigenvalue weighted by molar-refractivity contribution is 8.00. The number of rotatable bonds is 4. The number of nitrogens with zero attached hydrogens (tertiary/aromatic N) is 3. The van der Waals surface area contributed by atoms with E-state index in [0.29, 0.717) is 50.0 Å². The quantitative estimate of drug-likeness (QED) is 0.564. The minimum Gasteiger partial charge on any atom is -0.454 e. The van der Waals surface area contributed by atoms with Gasteiger partial charge in [0.25, 0.3) is 5.91 Å². The zero-order chi connectivity index (χ0) is 22.1. The second-order valence-corrected chi connectivity index (χ2v) is 9.16. The zero-order valence-electron chi connectivity index (χ0n) is 17.4. The van der Waals surface area contributed by atoms with E-state index in [2.05, 4.69) is 4.90 Å². The number of piperazine rings is 1. The number of carbonyl (C=O) groups excluding carboxylic acids is 2. The molecule has 0 radical (unpaired) electrons. The first-order valence-electron chi connectivity index (χ1n) is 10.5. The zero-order valence-corrected chi connectivity index (χ0v) is 18.9. The molecule has 6 nitrogen and oxygen atoms in total. The Kier molecular flexibility index (Phi) is 5.85. The van der Waals surface area contributed by atoms with Gasteiger partial charge < -0.3 is 19.1 Å². The lowest BCUT2D eigenvalue weighted by atomic mass is 10.2. The molecule has 2 aliphatic heterocycles. The molecule has 0 bridgehead atoms. The monoisotopic (exact) mass is 467 g/mol. The molecule has 0 aliphatic carbocycles. The van der Waals surface area contributed by atoms with Crippen LogP contribution in [0.1, 0.15) is 16.3 Å². The molecule has 8 heteroatoms. The summed E-state index contributed by atoms with van der Waals surface area (Å²) in [5.74, 6) is 1.21. The van der Waals surface area contributed by atoms with E-state index in [1.165, 1.54) is 0 Å². The van der Waals surface area contributed by atoms with Gasteiger partial charge in [0, 0.05) is 31.1 Å². The van der Waals surface area contributed by atoms with Crippen molar-refractivity contribution in [3.63, 3.8) is 0 Å². The van der Waals surface area contributed by atoms with Crippen LogP contribution < -0.4 is 9.80 Å². The normalized spacial score (nSPS) is 16.3. The molecule has 0 N–H and O–H groups in total. The van der Waals surface area contributed by atoms with Gasteiger partial charge in [-0.25, -0.2) is 0 Å². The first kappa shape index (κ1) is 21.0. The maximum Gasteiger partial charge on any atom is 0.289 e. The first-order chi connectivity index (χ1) is 15.6. The third kappa shape index (κ3) is 4.10. The van der Waals surface area contributed by atoms with Crippen LogP contribution in [-0.2, 0) is 11.3 Å². The van der Waals surface area contributed by atoms with Crippen molar-refractivity contribution in [1.29, 1.82) is 0 Å². The highest BCUT2D eigenvalue weighted by atomic mass is 35.5. The highest BCUT2D eigenvalue weighted by Crippen LogP contribution is 2.36. The Morgan fingerprint density at radius 2 is 1.66 bits per heavy atom. The largest absolute Gasteiger partial charge is 0.454 e. The van der Waals surface area contributed by atoms with Gasteiger partial charge in [0.2, 0.25) is 5.91 Å². The molecule has 3 aromatic rings. The standard InChI is InChI=1S/C24H22ClN3O3S/c25-18-5-1-2-6-19(18)26-11-13-27(14-12-26)24(30)21-10-9-17(31-21)15-28-20-7-3-4-8-22(20)32-16-23(28)29/h1-10H,11-16H2. The van der Waals surface area contributed by atoms with E-state index in [1.807, 2.05) is 48.5 Å². The van der Waals surface area contributed by atoms with Crippen molar-refractivity contribution in [1.82, 2.24) is 4.90 Å². The van der Waals surface area contributed by atoms with Crippen LogP contribution in [0.15, 0.2) is 70.0 Å². The lowest BCUT2D eigenvalue weighted by Gasteiger charge is -2.36. The summed E-state index contributed by atoms with van der Waals surface area (Å²) >= 11 is 7.86. The Morgan fingerprint density at radius 1 is 0.938 bits per heavy atom. The van der Waals surface area contributed by atoms with Gasteiger partial charge in [0.15, 0.2) is 5.76 Å². The van der Waals surface area contributed by atoms with Crippen LogP contribution in [-0.4, -0.2) is 48.6 Å². The summed E-state index contributed by atoms with van der Waals surface area (Å²) in [7, 11) is 0. The molecule has 5 rings (SSSR count). The van der Waals surface area contributed by atoms with Crippen molar-refractivity contribution in [3.8, 4) is 0 Å². The Hall–Kier alpha value is -2.90. The summed E-state index contributed by atoms with van der Waals surface area (Å²) < 4.78 is 5.87. The summed E-state index contributed by atoms with van der Waals surface area (Å²) in [5.41, 5.74) is 1.87. The molecule has 0 spiro atoms. The third-order valence-electron chi connectivity index (χ3n) is 5.75. The molecule has 2 aliphatic rings. The minimum atomic E-state index is -0.129. The van der Waals surface area contributed by atoms with Gasteiger partial charge >= 0.3 is 0 Å². The molecule has 1 saturated heterocycles. The number of para-hydroxylation sites is 2. The topological polar surface area (TPSA) is 57.0 Å².